The van der Waals surface area contributed by atoms with E-state index in [0.717, 1.165) is 51.2 Å². The van der Waals surface area contributed by atoms with Crippen molar-refractivity contribution in [3.05, 3.63) is 124 Å². The van der Waals surface area contributed by atoms with Crippen LogP contribution in [0.3, 0.4) is 0 Å². The van der Waals surface area contributed by atoms with E-state index in [2.05, 4.69) is 21.2 Å². The van der Waals surface area contributed by atoms with Gasteiger partial charge < -0.3 is 15.0 Å². The van der Waals surface area contributed by atoms with Gasteiger partial charge in [-0.25, -0.2) is 8.42 Å². The second-order valence-electron chi connectivity index (χ2n) is 12.1. The molecule has 0 aromatic heterocycles. The van der Waals surface area contributed by atoms with Crippen LogP contribution in [-0.4, -0.2) is 50.4 Å². The van der Waals surface area contributed by atoms with Crippen LogP contribution in [0, 0.1) is 6.92 Å². The highest BCUT2D eigenvalue weighted by Gasteiger charge is 2.35. The van der Waals surface area contributed by atoms with Gasteiger partial charge in [-0.3, -0.25) is 13.9 Å². The number of rotatable bonds is 14. The SMILES string of the molecule is CCOc1ccc(S(=O)(=O)N(CC(=O)N(Cc2cccc(Br)c2)[C@@H](Cc2ccccc2)C(=O)NC2CCCC2)c2ccc(C)cc2)cc1. The molecular formula is C38H42BrN3O5S. The molecule has 4 aromatic rings. The van der Waals surface area contributed by atoms with Gasteiger partial charge in [-0.05, 0) is 86.3 Å². The van der Waals surface area contributed by atoms with Gasteiger partial charge in [0.15, 0.2) is 0 Å². The lowest BCUT2D eigenvalue weighted by Gasteiger charge is -2.34. The summed E-state index contributed by atoms with van der Waals surface area (Å²) in [4.78, 5) is 30.4. The smallest absolute Gasteiger partial charge is 0.264 e. The fourth-order valence-corrected chi connectivity index (χ4v) is 7.86. The molecule has 0 unspecified atom stereocenters. The van der Waals surface area contributed by atoms with Gasteiger partial charge in [-0.15, -0.1) is 0 Å². The molecule has 1 N–H and O–H groups in total. The Bertz CT molecular complexity index is 1780. The average molecular weight is 733 g/mol. The Kier molecular flexibility index (Phi) is 11.9. The molecule has 5 rings (SSSR count). The van der Waals surface area contributed by atoms with E-state index in [1.165, 1.54) is 17.0 Å². The molecule has 0 saturated heterocycles. The molecule has 4 aromatic carbocycles. The van der Waals surface area contributed by atoms with Crippen LogP contribution in [0.2, 0.25) is 0 Å². The molecular weight excluding hydrogens is 690 g/mol. The number of amides is 2. The zero-order chi connectivity index (χ0) is 34.1. The average Bonchev–Trinajstić information content (AvgIpc) is 3.59. The van der Waals surface area contributed by atoms with Gasteiger partial charge in [0.05, 0.1) is 17.2 Å². The van der Waals surface area contributed by atoms with Crippen molar-refractivity contribution >= 4 is 43.5 Å². The molecule has 48 heavy (non-hydrogen) atoms. The lowest BCUT2D eigenvalue weighted by atomic mass is 10.0. The molecule has 0 aliphatic heterocycles. The second-order valence-corrected chi connectivity index (χ2v) is 14.9. The summed E-state index contributed by atoms with van der Waals surface area (Å²) < 4.78 is 36.1. The van der Waals surface area contributed by atoms with Crippen molar-refractivity contribution in [1.29, 1.82) is 0 Å². The van der Waals surface area contributed by atoms with Crippen molar-refractivity contribution in [1.82, 2.24) is 10.2 Å². The van der Waals surface area contributed by atoms with Crippen molar-refractivity contribution in [2.75, 3.05) is 17.5 Å². The Labute approximate surface area is 292 Å². The molecule has 10 heteroatoms. The van der Waals surface area contributed by atoms with Crippen molar-refractivity contribution in [3.63, 3.8) is 0 Å². The summed E-state index contributed by atoms with van der Waals surface area (Å²) in [7, 11) is -4.21. The molecule has 1 aliphatic carbocycles. The van der Waals surface area contributed by atoms with Gasteiger partial charge in [-0.1, -0.05) is 88.9 Å². The van der Waals surface area contributed by atoms with Crippen LogP contribution in [0.25, 0.3) is 0 Å². The third-order valence-corrected chi connectivity index (χ3v) is 10.8. The highest BCUT2D eigenvalue weighted by atomic mass is 79.9. The normalized spacial score (nSPS) is 13.9. The standard InChI is InChI=1S/C38H42BrN3O5S/c1-3-47-34-20-22-35(23-21-34)48(45,46)42(33-18-16-28(2)17-19-33)27-37(43)41(26-30-12-9-13-31(39)24-30)36(25-29-10-5-4-6-11-29)38(44)40-32-14-7-8-15-32/h4-6,9-13,16-24,32,36H,3,7-8,14-15,25-27H2,1-2H3,(H,40,44)/t36-/m0/s1. The quantitative estimate of drug-likeness (QED) is 0.150. The number of anilines is 1. The molecule has 0 spiro atoms. The third-order valence-electron chi connectivity index (χ3n) is 8.54. The van der Waals surface area contributed by atoms with Crippen LogP contribution in [0.15, 0.2) is 112 Å². The molecule has 0 radical (unpaired) electrons. The summed E-state index contributed by atoms with van der Waals surface area (Å²) in [5.41, 5.74) is 3.00. The fourth-order valence-electron chi connectivity index (χ4n) is 5.99. The monoisotopic (exact) mass is 731 g/mol. The van der Waals surface area contributed by atoms with E-state index in [1.807, 2.05) is 80.6 Å². The number of benzene rings is 4. The number of hydrogen-bond donors (Lipinski definition) is 1. The van der Waals surface area contributed by atoms with E-state index in [1.54, 1.807) is 24.3 Å². The molecule has 252 valence electrons. The Morgan fingerprint density at radius 2 is 1.56 bits per heavy atom. The van der Waals surface area contributed by atoms with Gasteiger partial charge in [-0.2, -0.15) is 0 Å². The fraction of sp³-hybridized carbons (Fsp3) is 0.316. The minimum absolute atomic E-state index is 0.0256. The number of aryl methyl sites for hydroxylation is 1. The van der Waals surface area contributed by atoms with E-state index in [4.69, 9.17) is 4.74 Å². The predicted molar refractivity (Wildman–Crippen MR) is 192 cm³/mol. The highest BCUT2D eigenvalue weighted by Crippen LogP contribution is 2.27. The number of nitrogens with zero attached hydrogens (tertiary/aromatic N) is 2. The summed E-state index contributed by atoms with van der Waals surface area (Å²) >= 11 is 3.53. The minimum Gasteiger partial charge on any atom is -0.494 e. The van der Waals surface area contributed by atoms with Crippen LogP contribution in [0.5, 0.6) is 5.75 Å². The van der Waals surface area contributed by atoms with Crippen molar-refractivity contribution in [2.45, 2.75) is 69.5 Å². The largest absolute Gasteiger partial charge is 0.494 e. The summed E-state index contributed by atoms with van der Waals surface area (Å²) in [6, 6.07) is 29.5. The number of ether oxygens (including phenoxy) is 1. The van der Waals surface area contributed by atoms with Crippen LogP contribution in [0.4, 0.5) is 5.69 Å². The first-order chi connectivity index (χ1) is 23.1. The maximum absolute atomic E-state index is 14.7. The number of carbonyl (C=O) groups is 2. The van der Waals surface area contributed by atoms with Crippen LogP contribution >= 0.6 is 15.9 Å². The van der Waals surface area contributed by atoms with Crippen molar-refractivity contribution < 1.29 is 22.7 Å². The lowest BCUT2D eigenvalue weighted by molar-refractivity contribution is -0.140. The molecule has 1 fully saturated rings. The highest BCUT2D eigenvalue weighted by molar-refractivity contribution is 9.10. The third kappa shape index (κ3) is 9.05. The molecule has 1 saturated carbocycles. The molecule has 0 bridgehead atoms. The molecule has 8 nitrogen and oxygen atoms in total. The van der Waals surface area contributed by atoms with Crippen LogP contribution in [0.1, 0.15) is 49.3 Å². The number of sulfonamides is 1. The summed E-state index contributed by atoms with van der Waals surface area (Å²) in [5.74, 6) is -0.190. The van der Waals surface area contributed by atoms with E-state index >= 15 is 0 Å². The Morgan fingerprint density at radius 1 is 0.896 bits per heavy atom. The summed E-state index contributed by atoms with van der Waals surface area (Å²) in [6.45, 7) is 3.82. The first kappa shape index (κ1) is 35.2. The van der Waals surface area contributed by atoms with E-state index < -0.39 is 28.5 Å². The number of hydrogen-bond acceptors (Lipinski definition) is 5. The maximum atomic E-state index is 14.7. The van der Waals surface area contributed by atoms with Gasteiger partial charge in [0.2, 0.25) is 11.8 Å². The zero-order valence-electron chi connectivity index (χ0n) is 27.3. The molecule has 2 amide bonds. The van der Waals surface area contributed by atoms with E-state index in [9.17, 15) is 18.0 Å². The van der Waals surface area contributed by atoms with Crippen molar-refractivity contribution in [2.24, 2.45) is 0 Å². The molecule has 0 heterocycles. The van der Waals surface area contributed by atoms with Crippen molar-refractivity contribution in [3.8, 4) is 5.75 Å². The number of halogens is 1. The van der Waals surface area contributed by atoms with Gasteiger partial charge in [0.25, 0.3) is 10.0 Å². The number of carbonyl (C=O) groups excluding carboxylic acids is 2. The second kappa shape index (κ2) is 16.3. The van der Waals surface area contributed by atoms with Gasteiger partial charge in [0, 0.05) is 23.5 Å². The summed E-state index contributed by atoms with van der Waals surface area (Å²) in [5, 5.41) is 3.21. The number of nitrogens with one attached hydrogen (secondary N) is 1. The maximum Gasteiger partial charge on any atom is 0.264 e. The summed E-state index contributed by atoms with van der Waals surface area (Å²) in [6.07, 6.45) is 4.15. The zero-order valence-corrected chi connectivity index (χ0v) is 29.8. The van der Waals surface area contributed by atoms with E-state index in [-0.39, 0.29) is 29.8 Å². The molecule has 1 atom stereocenters. The van der Waals surface area contributed by atoms with Crippen LogP contribution < -0.4 is 14.4 Å². The van der Waals surface area contributed by atoms with Gasteiger partial charge in [0.1, 0.15) is 18.3 Å². The minimum atomic E-state index is -4.21. The topological polar surface area (TPSA) is 96.0 Å². The Hall–Kier alpha value is -4.15. The Morgan fingerprint density at radius 3 is 2.21 bits per heavy atom. The molecule has 1 aliphatic rings. The van der Waals surface area contributed by atoms with E-state index in [0.29, 0.717) is 18.0 Å². The van der Waals surface area contributed by atoms with Gasteiger partial charge >= 0.3 is 0 Å². The Balaban J connectivity index is 1.55. The predicted octanol–water partition coefficient (Wildman–Crippen LogP) is 7.05. The first-order valence-corrected chi connectivity index (χ1v) is 18.6. The first-order valence-electron chi connectivity index (χ1n) is 16.3. The van der Waals surface area contributed by atoms with Crippen LogP contribution in [-0.2, 0) is 32.6 Å². The lowest BCUT2D eigenvalue weighted by Crippen LogP contribution is -2.54.